The molecule has 0 aliphatic rings. The van der Waals surface area contributed by atoms with Crippen molar-refractivity contribution in [3.8, 4) is 0 Å². The van der Waals surface area contributed by atoms with Crippen molar-refractivity contribution in [3.05, 3.63) is 52.5 Å². The lowest BCUT2D eigenvalue weighted by Crippen LogP contribution is -2.09. The van der Waals surface area contributed by atoms with Crippen LogP contribution in [0.15, 0.2) is 24.3 Å². The topological polar surface area (TPSA) is 62.2 Å². The van der Waals surface area contributed by atoms with Gasteiger partial charge in [0.25, 0.3) is 0 Å². The number of aryl methyl sites for hydroxylation is 3. The van der Waals surface area contributed by atoms with Gasteiger partial charge in [0.1, 0.15) is 17.2 Å². The SMILES string of the molecule is Cc1cc(C)c(C(=O)O)c(Nc2ccc(F)cc2C)n1. The molecule has 1 aromatic heterocycles. The summed E-state index contributed by atoms with van der Waals surface area (Å²) in [4.78, 5) is 15.6. The average molecular weight is 274 g/mol. The van der Waals surface area contributed by atoms with Gasteiger partial charge in [0.15, 0.2) is 0 Å². The lowest BCUT2D eigenvalue weighted by Gasteiger charge is -2.13. The molecule has 2 aromatic rings. The monoisotopic (exact) mass is 274 g/mol. The third-order valence-corrected chi connectivity index (χ3v) is 3.00. The number of nitrogens with one attached hydrogen (secondary N) is 1. The lowest BCUT2D eigenvalue weighted by atomic mass is 10.1. The summed E-state index contributed by atoms with van der Waals surface area (Å²) in [5.41, 5.74) is 2.79. The summed E-state index contributed by atoms with van der Waals surface area (Å²) in [6.45, 7) is 5.26. The minimum atomic E-state index is -1.04. The van der Waals surface area contributed by atoms with Gasteiger partial charge in [-0.3, -0.25) is 0 Å². The molecule has 20 heavy (non-hydrogen) atoms. The van der Waals surface area contributed by atoms with Crippen molar-refractivity contribution in [1.29, 1.82) is 0 Å². The van der Waals surface area contributed by atoms with Crippen molar-refractivity contribution >= 4 is 17.5 Å². The van der Waals surface area contributed by atoms with Crippen molar-refractivity contribution in [2.75, 3.05) is 5.32 Å². The molecule has 0 aliphatic heterocycles. The highest BCUT2D eigenvalue weighted by Crippen LogP contribution is 2.25. The molecule has 0 bridgehead atoms. The number of aromatic nitrogens is 1. The number of nitrogens with zero attached hydrogens (tertiary/aromatic N) is 1. The van der Waals surface area contributed by atoms with Crippen LogP contribution in [0.2, 0.25) is 0 Å². The molecule has 104 valence electrons. The molecule has 1 aromatic carbocycles. The maximum absolute atomic E-state index is 13.1. The minimum absolute atomic E-state index is 0.124. The van der Waals surface area contributed by atoms with Crippen LogP contribution >= 0.6 is 0 Å². The van der Waals surface area contributed by atoms with E-state index in [1.54, 1.807) is 32.9 Å². The third-order valence-electron chi connectivity index (χ3n) is 3.00. The molecule has 5 heteroatoms. The number of carbonyl (C=O) groups is 1. The maximum Gasteiger partial charge on any atom is 0.339 e. The Kier molecular flexibility index (Phi) is 3.70. The van der Waals surface area contributed by atoms with Gasteiger partial charge < -0.3 is 10.4 Å². The second-order valence-corrected chi connectivity index (χ2v) is 4.69. The number of anilines is 2. The number of aromatic carboxylic acids is 1. The van der Waals surface area contributed by atoms with Crippen LogP contribution < -0.4 is 5.32 Å². The van der Waals surface area contributed by atoms with Gasteiger partial charge in [-0.1, -0.05) is 0 Å². The number of carboxylic acid groups (broad SMARTS) is 1. The Balaban J connectivity index is 2.50. The van der Waals surface area contributed by atoms with Crippen LogP contribution in [0.1, 0.15) is 27.2 Å². The van der Waals surface area contributed by atoms with E-state index >= 15 is 0 Å². The summed E-state index contributed by atoms with van der Waals surface area (Å²) < 4.78 is 13.1. The summed E-state index contributed by atoms with van der Waals surface area (Å²) in [5, 5.41) is 12.3. The number of hydrogen-bond donors (Lipinski definition) is 2. The molecule has 1 heterocycles. The molecule has 0 amide bonds. The summed E-state index contributed by atoms with van der Waals surface area (Å²) in [5.74, 6) is -1.11. The zero-order chi connectivity index (χ0) is 14.9. The van der Waals surface area contributed by atoms with E-state index in [9.17, 15) is 14.3 Å². The van der Waals surface area contributed by atoms with Gasteiger partial charge in [0.05, 0.1) is 0 Å². The normalized spacial score (nSPS) is 10.4. The van der Waals surface area contributed by atoms with E-state index in [1.165, 1.54) is 12.1 Å². The Hall–Kier alpha value is -2.43. The Labute approximate surface area is 116 Å². The van der Waals surface area contributed by atoms with Gasteiger partial charge in [-0.15, -0.1) is 0 Å². The van der Waals surface area contributed by atoms with Crippen molar-refractivity contribution in [2.45, 2.75) is 20.8 Å². The van der Waals surface area contributed by atoms with E-state index in [-0.39, 0.29) is 17.2 Å². The van der Waals surface area contributed by atoms with Crippen molar-refractivity contribution in [3.63, 3.8) is 0 Å². The Morgan fingerprint density at radius 2 is 1.90 bits per heavy atom. The first kappa shape index (κ1) is 14.0. The Bertz CT molecular complexity index is 684. The molecule has 0 radical (unpaired) electrons. The smallest absolute Gasteiger partial charge is 0.339 e. The first-order valence-corrected chi connectivity index (χ1v) is 6.13. The zero-order valence-electron chi connectivity index (χ0n) is 11.5. The Morgan fingerprint density at radius 1 is 1.20 bits per heavy atom. The number of benzene rings is 1. The van der Waals surface area contributed by atoms with E-state index in [0.29, 0.717) is 16.8 Å². The first-order valence-electron chi connectivity index (χ1n) is 6.13. The minimum Gasteiger partial charge on any atom is -0.478 e. The van der Waals surface area contributed by atoms with Crippen molar-refractivity contribution in [2.24, 2.45) is 0 Å². The van der Waals surface area contributed by atoms with E-state index < -0.39 is 5.97 Å². The highest BCUT2D eigenvalue weighted by Gasteiger charge is 2.16. The molecule has 0 spiro atoms. The highest BCUT2D eigenvalue weighted by atomic mass is 19.1. The van der Waals surface area contributed by atoms with Crippen LogP contribution in [0.25, 0.3) is 0 Å². The second-order valence-electron chi connectivity index (χ2n) is 4.69. The van der Waals surface area contributed by atoms with Crippen LogP contribution in [-0.4, -0.2) is 16.1 Å². The second kappa shape index (κ2) is 5.28. The number of pyridine rings is 1. The molecule has 4 nitrogen and oxygen atoms in total. The average Bonchev–Trinajstić information content (AvgIpc) is 2.31. The molecule has 0 fully saturated rings. The molecule has 2 rings (SSSR count). The van der Waals surface area contributed by atoms with E-state index in [4.69, 9.17) is 0 Å². The predicted molar refractivity (Wildman–Crippen MR) is 75.1 cm³/mol. The third kappa shape index (κ3) is 2.77. The fourth-order valence-electron chi connectivity index (χ4n) is 2.09. The summed E-state index contributed by atoms with van der Waals surface area (Å²) in [7, 11) is 0. The van der Waals surface area contributed by atoms with Gasteiger partial charge in [-0.2, -0.15) is 0 Å². The fraction of sp³-hybridized carbons (Fsp3) is 0.200. The molecular weight excluding hydrogens is 259 g/mol. The van der Waals surface area contributed by atoms with E-state index in [1.807, 2.05) is 0 Å². The van der Waals surface area contributed by atoms with Crippen LogP contribution in [0.3, 0.4) is 0 Å². The number of halogens is 1. The first-order chi connectivity index (χ1) is 9.38. The van der Waals surface area contributed by atoms with Crippen LogP contribution in [0.5, 0.6) is 0 Å². The number of carboxylic acids is 1. The molecule has 0 saturated heterocycles. The van der Waals surface area contributed by atoms with Gasteiger partial charge >= 0.3 is 5.97 Å². The standard InChI is InChI=1S/C15H15FN2O2/c1-8-7-11(16)4-5-12(8)18-14-13(15(19)20)9(2)6-10(3)17-14/h4-7H,1-3H3,(H,17,18)(H,19,20). The molecule has 0 aliphatic carbocycles. The van der Waals surface area contributed by atoms with Gasteiger partial charge in [-0.05, 0) is 56.2 Å². The maximum atomic E-state index is 13.1. The zero-order valence-corrected chi connectivity index (χ0v) is 11.5. The molecule has 0 unspecified atom stereocenters. The molecule has 2 N–H and O–H groups in total. The van der Waals surface area contributed by atoms with Crippen molar-refractivity contribution in [1.82, 2.24) is 4.98 Å². The van der Waals surface area contributed by atoms with Gasteiger partial charge in [-0.25, -0.2) is 14.2 Å². The number of hydrogen-bond acceptors (Lipinski definition) is 3. The van der Waals surface area contributed by atoms with Crippen LogP contribution in [0.4, 0.5) is 15.9 Å². The largest absolute Gasteiger partial charge is 0.478 e. The van der Waals surface area contributed by atoms with Crippen molar-refractivity contribution < 1.29 is 14.3 Å². The fourth-order valence-corrected chi connectivity index (χ4v) is 2.09. The van der Waals surface area contributed by atoms with E-state index in [0.717, 1.165) is 5.69 Å². The van der Waals surface area contributed by atoms with Crippen LogP contribution in [0, 0.1) is 26.6 Å². The molecule has 0 atom stereocenters. The Morgan fingerprint density at radius 3 is 2.50 bits per heavy atom. The highest BCUT2D eigenvalue weighted by molar-refractivity contribution is 5.95. The van der Waals surface area contributed by atoms with E-state index in [2.05, 4.69) is 10.3 Å². The summed E-state index contributed by atoms with van der Waals surface area (Å²) in [6, 6.07) is 5.98. The van der Waals surface area contributed by atoms with Gasteiger partial charge in [0.2, 0.25) is 0 Å². The molecular formula is C15H15FN2O2. The quantitative estimate of drug-likeness (QED) is 0.897. The predicted octanol–water partition coefficient (Wildman–Crippen LogP) is 3.59. The molecule has 0 saturated carbocycles. The number of rotatable bonds is 3. The summed E-state index contributed by atoms with van der Waals surface area (Å²) in [6.07, 6.45) is 0. The van der Waals surface area contributed by atoms with Crippen LogP contribution in [-0.2, 0) is 0 Å². The van der Waals surface area contributed by atoms with Gasteiger partial charge in [0, 0.05) is 11.4 Å². The summed E-state index contributed by atoms with van der Waals surface area (Å²) >= 11 is 0. The lowest BCUT2D eigenvalue weighted by molar-refractivity contribution is 0.0697.